The van der Waals surface area contributed by atoms with Crippen LogP contribution in [-0.4, -0.2) is 18.5 Å². The number of ether oxygens (including phenoxy) is 2. The van der Waals surface area contributed by atoms with E-state index in [1.165, 1.54) is 18.4 Å². The van der Waals surface area contributed by atoms with Crippen LogP contribution in [0.15, 0.2) is 80.6 Å². The van der Waals surface area contributed by atoms with Crippen molar-refractivity contribution in [3.8, 4) is 11.5 Å². The number of furan rings is 1. The van der Waals surface area contributed by atoms with Gasteiger partial charge in [0.05, 0.1) is 12.8 Å². The normalized spacial score (nSPS) is 10.9. The van der Waals surface area contributed by atoms with E-state index < -0.39 is 17.5 Å². The molecule has 2 heterocycles. The van der Waals surface area contributed by atoms with Crippen molar-refractivity contribution in [3.63, 3.8) is 0 Å². The van der Waals surface area contributed by atoms with E-state index in [-0.39, 0.29) is 36.0 Å². The van der Waals surface area contributed by atoms with E-state index in [0.29, 0.717) is 16.9 Å². The van der Waals surface area contributed by atoms with Crippen LogP contribution in [0.25, 0.3) is 11.0 Å². The fourth-order valence-electron chi connectivity index (χ4n) is 3.38. The zero-order valence-electron chi connectivity index (χ0n) is 18.7. The zero-order valence-corrected chi connectivity index (χ0v) is 18.7. The summed E-state index contributed by atoms with van der Waals surface area (Å²) in [5.74, 6) is 0.429. The van der Waals surface area contributed by atoms with E-state index >= 15 is 0 Å². The number of rotatable bonds is 8. The highest BCUT2D eigenvalue weighted by Crippen LogP contribution is 2.26. The minimum atomic E-state index is -0.804. The standard InChI is InChI=1S/C26H23NO7/c1-16(2)20-7-3-4-8-22(20)32-15-24(28)33-18-10-9-17-12-21(26(30)34-23(17)13-18)25(29)27-14-19-6-5-11-31-19/h3-13,16H,14-15H2,1-2H3,(H,27,29). The van der Waals surface area contributed by atoms with Crippen molar-refractivity contribution in [2.45, 2.75) is 26.3 Å². The van der Waals surface area contributed by atoms with Crippen LogP contribution in [-0.2, 0) is 11.3 Å². The van der Waals surface area contributed by atoms with Crippen molar-refractivity contribution in [2.24, 2.45) is 0 Å². The van der Waals surface area contributed by atoms with E-state index in [1.807, 2.05) is 32.0 Å². The first-order chi connectivity index (χ1) is 16.4. The number of hydrogen-bond donors (Lipinski definition) is 1. The molecule has 34 heavy (non-hydrogen) atoms. The second-order valence-corrected chi connectivity index (χ2v) is 7.86. The highest BCUT2D eigenvalue weighted by Gasteiger charge is 2.16. The largest absolute Gasteiger partial charge is 0.482 e. The Morgan fingerprint density at radius 3 is 2.62 bits per heavy atom. The smallest absolute Gasteiger partial charge is 0.349 e. The van der Waals surface area contributed by atoms with Gasteiger partial charge in [-0.25, -0.2) is 9.59 Å². The molecule has 0 saturated carbocycles. The number of amides is 1. The van der Waals surface area contributed by atoms with Gasteiger partial charge in [0.25, 0.3) is 5.91 Å². The lowest BCUT2D eigenvalue weighted by Crippen LogP contribution is -2.27. The number of nitrogens with one attached hydrogen (secondary N) is 1. The maximum absolute atomic E-state index is 12.4. The van der Waals surface area contributed by atoms with Crippen molar-refractivity contribution < 1.29 is 27.9 Å². The van der Waals surface area contributed by atoms with Crippen molar-refractivity contribution in [1.29, 1.82) is 0 Å². The van der Waals surface area contributed by atoms with Gasteiger partial charge in [-0.05, 0) is 47.9 Å². The van der Waals surface area contributed by atoms with E-state index in [1.54, 1.807) is 30.3 Å². The summed E-state index contributed by atoms with van der Waals surface area (Å²) in [6.45, 7) is 3.94. The molecular formula is C26H23NO7. The summed E-state index contributed by atoms with van der Waals surface area (Å²) >= 11 is 0. The summed E-state index contributed by atoms with van der Waals surface area (Å²) in [5, 5.41) is 3.11. The lowest BCUT2D eigenvalue weighted by atomic mass is 10.0. The topological polar surface area (TPSA) is 108 Å². The molecule has 1 N–H and O–H groups in total. The second-order valence-electron chi connectivity index (χ2n) is 7.86. The zero-order chi connectivity index (χ0) is 24.1. The van der Waals surface area contributed by atoms with Gasteiger partial charge in [0.1, 0.15) is 28.4 Å². The number of hydrogen-bond acceptors (Lipinski definition) is 7. The maximum atomic E-state index is 12.4. The highest BCUT2D eigenvalue weighted by molar-refractivity contribution is 5.96. The third kappa shape index (κ3) is 5.35. The molecule has 0 aliphatic carbocycles. The molecule has 4 rings (SSSR count). The fraction of sp³-hybridized carbons (Fsp3) is 0.192. The summed E-state index contributed by atoms with van der Waals surface area (Å²) in [6.07, 6.45) is 1.49. The van der Waals surface area contributed by atoms with Crippen molar-refractivity contribution >= 4 is 22.8 Å². The average molecular weight is 461 g/mol. The van der Waals surface area contributed by atoms with Crippen LogP contribution in [0.4, 0.5) is 0 Å². The molecule has 1 amide bonds. The number of fused-ring (bicyclic) bond motifs is 1. The summed E-state index contributed by atoms with van der Waals surface area (Å²) in [4.78, 5) is 37.0. The van der Waals surface area contributed by atoms with Crippen LogP contribution >= 0.6 is 0 Å². The van der Waals surface area contributed by atoms with Crippen LogP contribution in [0.2, 0.25) is 0 Å². The molecule has 0 bridgehead atoms. The van der Waals surface area contributed by atoms with Gasteiger partial charge in [0, 0.05) is 11.5 Å². The summed E-state index contributed by atoms with van der Waals surface area (Å²) in [5.41, 5.74) is 0.235. The summed E-state index contributed by atoms with van der Waals surface area (Å²) in [6, 6.07) is 16.9. The van der Waals surface area contributed by atoms with Gasteiger partial charge in [-0.15, -0.1) is 0 Å². The Labute approximate surface area is 195 Å². The molecule has 2 aromatic carbocycles. The SMILES string of the molecule is CC(C)c1ccccc1OCC(=O)Oc1ccc2cc(C(=O)NCc3ccco3)c(=O)oc2c1. The van der Waals surface area contributed by atoms with Gasteiger partial charge in [-0.3, -0.25) is 4.79 Å². The van der Waals surface area contributed by atoms with Crippen LogP contribution in [0, 0.1) is 0 Å². The van der Waals surface area contributed by atoms with E-state index in [9.17, 15) is 14.4 Å². The van der Waals surface area contributed by atoms with Crippen molar-refractivity contribution in [1.82, 2.24) is 5.32 Å². The van der Waals surface area contributed by atoms with Crippen molar-refractivity contribution in [3.05, 3.63) is 94.2 Å². The number of benzene rings is 2. The fourth-order valence-corrected chi connectivity index (χ4v) is 3.38. The molecule has 0 aliphatic rings. The van der Waals surface area contributed by atoms with Gasteiger partial charge in [0.2, 0.25) is 0 Å². The molecule has 0 saturated heterocycles. The molecule has 8 nitrogen and oxygen atoms in total. The van der Waals surface area contributed by atoms with E-state index in [4.69, 9.17) is 18.3 Å². The Bertz CT molecular complexity index is 1370. The van der Waals surface area contributed by atoms with Gasteiger partial charge in [0.15, 0.2) is 6.61 Å². The van der Waals surface area contributed by atoms with Crippen molar-refractivity contribution in [2.75, 3.05) is 6.61 Å². The van der Waals surface area contributed by atoms with E-state index in [2.05, 4.69) is 5.32 Å². The molecule has 0 spiro atoms. The second kappa shape index (κ2) is 10.1. The minimum Gasteiger partial charge on any atom is -0.482 e. The average Bonchev–Trinajstić information content (AvgIpc) is 3.34. The van der Waals surface area contributed by atoms with Gasteiger partial charge >= 0.3 is 11.6 Å². The molecule has 0 atom stereocenters. The van der Waals surface area contributed by atoms with Crippen LogP contribution < -0.4 is 20.4 Å². The van der Waals surface area contributed by atoms with Gasteiger partial charge in [-0.1, -0.05) is 32.0 Å². The highest BCUT2D eigenvalue weighted by atomic mass is 16.6. The molecule has 0 unspecified atom stereocenters. The third-order valence-corrected chi connectivity index (χ3v) is 5.07. The number of carbonyl (C=O) groups excluding carboxylic acids is 2. The Morgan fingerprint density at radius 1 is 1.03 bits per heavy atom. The Balaban J connectivity index is 1.42. The first-order valence-corrected chi connectivity index (χ1v) is 10.7. The number of carbonyl (C=O) groups is 2. The predicted molar refractivity (Wildman–Crippen MR) is 124 cm³/mol. The molecular weight excluding hydrogens is 438 g/mol. The predicted octanol–water partition coefficient (Wildman–Crippen LogP) is 4.42. The Hall–Kier alpha value is -4.33. The molecule has 0 radical (unpaired) electrons. The monoisotopic (exact) mass is 461 g/mol. The van der Waals surface area contributed by atoms with Gasteiger partial charge in [-0.2, -0.15) is 0 Å². The molecule has 4 aromatic rings. The van der Waals surface area contributed by atoms with E-state index in [0.717, 1.165) is 5.56 Å². The molecule has 174 valence electrons. The summed E-state index contributed by atoms with van der Waals surface area (Å²) < 4.78 is 21.4. The third-order valence-electron chi connectivity index (χ3n) is 5.07. The maximum Gasteiger partial charge on any atom is 0.349 e. The Kier molecular flexibility index (Phi) is 6.77. The molecule has 0 fully saturated rings. The lowest BCUT2D eigenvalue weighted by Gasteiger charge is -2.13. The lowest BCUT2D eigenvalue weighted by molar-refractivity contribution is -0.136. The molecule has 2 aromatic heterocycles. The minimum absolute atomic E-state index is 0.138. The molecule has 8 heteroatoms. The van der Waals surface area contributed by atoms with Crippen LogP contribution in [0.1, 0.15) is 41.4 Å². The quantitative estimate of drug-likeness (QED) is 0.235. The molecule has 0 aliphatic heterocycles. The van der Waals surface area contributed by atoms with Gasteiger partial charge < -0.3 is 23.6 Å². The first kappa shape index (κ1) is 22.8. The van der Waals surface area contributed by atoms with Crippen LogP contribution in [0.5, 0.6) is 11.5 Å². The first-order valence-electron chi connectivity index (χ1n) is 10.7. The number of para-hydroxylation sites is 1. The number of esters is 1. The van der Waals surface area contributed by atoms with Crippen LogP contribution in [0.3, 0.4) is 0 Å². The Morgan fingerprint density at radius 2 is 1.85 bits per heavy atom. The summed E-state index contributed by atoms with van der Waals surface area (Å²) in [7, 11) is 0.